The van der Waals surface area contributed by atoms with Gasteiger partial charge in [-0.05, 0) is 38.5 Å². The summed E-state index contributed by atoms with van der Waals surface area (Å²) in [6.45, 7) is 6.90. The number of sulfonamides is 1. The van der Waals surface area contributed by atoms with Crippen LogP contribution in [0.1, 0.15) is 32.4 Å². The van der Waals surface area contributed by atoms with Crippen molar-refractivity contribution in [2.45, 2.75) is 31.7 Å². The van der Waals surface area contributed by atoms with Crippen molar-refractivity contribution in [3.05, 3.63) is 41.5 Å². The minimum absolute atomic E-state index is 0.0999. The first-order valence-electron chi connectivity index (χ1n) is 6.64. The van der Waals surface area contributed by atoms with Crippen LogP contribution < -0.4 is 5.32 Å². The van der Waals surface area contributed by atoms with Crippen molar-refractivity contribution in [1.82, 2.24) is 9.62 Å². The molecule has 1 aromatic carbocycles. The number of nitrogens with one attached hydrogen (secondary N) is 1. The summed E-state index contributed by atoms with van der Waals surface area (Å²) in [6, 6.07) is 7.18. The molecule has 0 fully saturated rings. The monoisotopic (exact) mass is 296 g/mol. The second-order valence-corrected chi connectivity index (χ2v) is 7.42. The van der Waals surface area contributed by atoms with Crippen LogP contribution >= 0.6 is 0 Å². The minimum atomic E-state index is -3.37. The Morgan fingerprint density at radius 2 is 2.00 bits per heavy atom. The molecule has 4 nitrogen and oxygen atoms in total. The number of allylic oxidation sites excluding steroid dienone is 1. The van der Waals surface area contributed by atoms with Crippen molar-refractivity contribution in [3.63, 3.8) is 0 Å². The summed E-state index contributed by atoms with van der Waals surface area (Å²) in [4.78, 5) is 0.330. The third-order valence-electron chi connectivity index (χ3n) is 3.07. The second kappa shape index (κ2) is 7.02. The lowest BCUT2D eigenvalue weighted by Crippen LogP contribution is -2.23. The SMILES string of the molecule is CC(C)=CCNC(C)c1cccc(S(=O)(=O)N(C)C)c1. The van der Waals surface area contributed by atoms with E-state index in [1.807, 2.05) is 13.0 Å². The predicted molar refractivity (Wildman–Crippen MR) is 83.2 cm³/mol. The van der Waals surface area contributed by atoms with Gasteiger partial charge in [0.05, 0.1) is 4.90 Å². The Morgan fingerprint density at radius 3 is 2.55 bits per heavy atom. The lowest BCUT2D eigenvalue weighted by molar-refractivity contribution is 0.520. The number of rotatable bonds is 6. The molecule has 0 bridgehead atoms. The Hall–Kier alpha value is -1.17. The van der Waals surface area contributed by atoms with E-state index in [4.69, 9.17) is 0 Å². The molecule has 0 aliphatic rings. The Bertz CT molecular complexity index is 573. The van der Waals surface area contributed by atoms with Gasteiger partial charge in [-0.2, -0.15) is 0 Å². The van der Waals surface area contributed by atoms with Crippen LogP contribution in [0.15, 0.2) is 40.8 Å². The third kappa shape index (κ3) is 4.44. The zero-order valence-electron chi connectivity index (χ0n) is 12.8. The first kappa shape index (κ1) is 16.9. The van der Waals surface area contributed by atoms with Crippen molar-refractivity contribution >= 4 is 10.0 Å². The van der Waals surface area contributed by atoms with E-state index in [1.54, 1.807) is 32.3 Å². The minimum Gasteiger partial charge on any atom is -0.307 e. The van der Waals surface area contributed by atoms with Gasteiger partial charge in [-0.1, -0.05) is 23.8 Å². The lowest BCUT2D eigenvalue weighted by atomic mass is 10.1. The van der Waals surface area contributed by atoms with Crippen molar-refractivity contribution in [1.29, 1.82) is 0 Å². The highest BCUT2D eigenvalue weighted by molar-refractivity contribution is 7.89. The van der Waals surface area contributed by atoms with E-state index < -0.39 is 10.0 Å². The molecule has 0 radical (unpaired) electrons. The molecule has 0 aliphatic heterocycles. The number of nitrogens with zero attached hydrogens (tertiary/aromatic N) is 1. The molecular weight excluding hydrogens is 272 g/mol. The fraction of sp³-hybridized carbons (Fsp3) is 0.467. The molecule has 0 heterocycles. The smallest absolute Gasteiger partial charge is 0.242 e. The van der Waals surface area contributed by atoms with E-state index in [0.29, 0.717) is 4.90 Å². The maximum Gasteiger partial charge on any atom is 0.242 e. The number of hydrogen-bond acceptors (Lipinski definition) is 3. The van der Waals surface area contributed by atoms with Crippen LogP contribution in [0, 0.1) is 0 Å². The zero-order valence-corrected chi connectivity index (χ0v) is 13.7. The van der Waals surface area contributed by atoms with Crippen LogP contribution in [0.2, 0.25) is 0 Å². The molecule has 0 aromatic heterocycles. The highest BCUT2D eigenvalue weighted by atomic mass is 32.2. The molecule has 20 heavy (non-hydrogen) atoms. The largest absolute Gasteiger partial charge is 0.307 e. The van der Waals surface area contributed by atoms with E-state index in [0.717, 1.165) is 12.1 Å². The van der Waals surface area contributed by atoms with Crippen LogP contribution in [-0.4, -0.2) is 33.4 Å². The summed E-state index contributed by atoms with van der Waals surface area (Å²) < 4.78 is 25.4. The van der Waals surface area contributed by atoms with E-state index in [9.17, 15) is 8.42 Å². The molecule has 0 amide bonds. The molecule has 0 saturated heterocycles. The first-order valence-corrected chi connectivity index (χ1v) is 8.08. The van der Waals surface area contributed by atoms with E-state index in [-0.39, 0.29) is 6.04 Å². The van der Waals surface area contributed by atoms with Crippen LogP contribution in [0.25, 0.3) is 0 Å². The highest BCUT2D eigenvalue weighted by Crippen LogP contribution is 2.19. The molecule has 1 unspecified atom stereocenters. The fourth-order valence-electron chi connectivity index (χ4n) is 1.71. The van der Waals surface area contributed by atoms with E-state index >= 15 is 0 Å². The Morgan fingerprint density at radius 1 is 1.35 bits per heavy atom. The van der Waals surface area contributed by atoms with Gasteiger partial charge in [-0.25, -0.2) is 12.7 Å². The van der Waals surface area contributed by atoms with Gasteiger partial charge in [0.1, 0.15) is 0 Å². The predicted octanol–water partition coefficient (Wildman–Crippen LogP) is 2.55. The molecule has 0 spiro atoms. The van der Waals surface area contributed by atoms with Crippen LogP contribution in [0.3, 0.4) is 0 Å². The quantitative estimate of drug-likeness (QED) is 0.821. The Labute approximate surface area is 122 Å². The number of benzene rings is 1. The Balaban J connectivity index is 2.91. The first-order chi connectivity index (χ1) is 9.25. The average molecular weight is 296 g/mol. The van der Waals surface area contributed by atoms with Gasteiger partial charge in [-0.3, -0.25) is 0 Å². The van der Waals surface area contributed by atoms with Gasteiger partial charge >= 0.3 is 0 Å². The van der Waals surface area contributed by atoms with Crippen LogP contribution in [0.4, 0.5) is 0 Å². The van der Waals surface area contributed by atoms with Gasteiger partial charge < -0.3 is 5.32 Å². The summed E-state index contributed by atoms with van der Waals surface area (Å²) >= 11 is 0. The van der Waals surface area contributed by atoms with Crippen molar-refractivity contribution in [2.24, 2.45) is 0 Å². The second-order valence-electron chi connectivity index (χ2n) is 5.27. The molecule has 1 aromatic rings. The molecule has 5 heteroatoms. The normalized spacial score (nSPS) is 13.3. The molecule has 112 valence electrons. The standard InChI is InChI=1S/C15H24N2O2S/c1-12(2)9-10-16-13(3)14-7-6-8-15(11-14)20(18,19)17(4)5/h6-9,11,13,16H,10H2,1-5H3. The summed E-state index contributed by atoms with van der Waals surface area (Å²) in [5.41, 5.74) is 2.23. The molecule has 1 N–H and O–H groups in total. The van der Waals surface area contributed by atoms with Gasteiger partial charge in [-0.15, -0.1) is 0 Å². The van der Waals surface area contributed by atoms with E-state index in [2.05, 4.69) is 25.2 Å². The number of hydrogen-bond donors (Lipinski definition) is 1. The molecule has 0 aliphatic carbocycles. The molecule has 1 atom stereocenters. The maximum absolute atomic E-state index is 12.1. The Kier molecular flexibility index (Phi) is 5.92. The van der Waals surface area contributed by atoms with Gasteiger partial charge in [0, 0.05) is 26.7 Å². The zero-order chi connectivity index (χ0) is 15.3. The summed E-state index contributed by atoms with van der Waals surface area (Å²) in [5.74, 6) is 0. The van der Waals surface area contributed by atoms with Crippen molar-refractivity contribution < 1.29 is 8.42 Å². The van der Waals surface area contributed by atoms with Gasteiger partial charge in [0.2, 0.25) is 10.0 Å². The maximum atomic E-state index is 12.1. The lowest BCUT2D eigenvalue weighted by Gasteiger charge is -2.16. The fourth-order valence-corrected chi connectivity index (χ4v) is 2.67. The summed E-state index contributed by atoms with van der Waals surface area (Å²) in [6.07, 6.45) is 2.11. The summed E-state index contributed by atoms with van der Waals surface area (Å²) in [7, 11) is -0.293. The van der Waals surface area contributed by atoms with Crippen LogP contribution in [0.5, 0.6) is 0 Å². The van der Waals surface area contributed by atoms with Gasteiger partial charge in [0.15, 0.2) is 0 Å². The molecule has 1 rings (SSSR count). The topological polar surface area (TPSA) is 49.4 Å². The molecular formula is C15H24N2O2S. The van der Waals surface area contributed by atoms with Crippen molar-refractivity contribution in [3.8, 4) is 0 Å². The molecule has 0 saturated carbocycles. The third-order valence-corrected chi connectivity index (χ3v) is 4.88. The van der Waals surface area contributed by atoms with E-state index in [1.165, 1.54) is 9.88 Å². The van der Waals surface area contributed by atoms with Gasteiger partial charge in [0.25, 0.3) is 0 Å². The summed E-state index contributed by atoms with van der Waals surface area (Å²) in [5, 5.41) is 3.35. The highest BCUT2D eigenvalue weighted by Gasteiger charge is 2.18. The van der Waals surface area contributed by atoms with Crippen LogP contribution in [-0.2, 0) is 10.0 Å². The average Bonchev–Trinajstić information content (AvgIpc) is 2.38. The van der Waals surface area contributed by atoms with Crippen molar-refractivity contribution in [2.75, 3.05) is 20.6 Å².